The lowest BCUT2D eigenvalue weighted by atomic mass is 9.98. The van der Waals surface area contributed by atoms with Gasteiger partial charge in [-0.05, 0) is 41.0 Å². The average molecular weight is 463 g/mol. The molecule has 0 bridgehead atoms. The lowest BCUT2D eigenvalue weighted by molar-refractivity contribution is -0.155. The molecule has 0 saturated carbocycles. The van der Waals surface area contributed by atoms with Gasteiger partial charge in [0.25, 0.3) is 0 Å². The van der Waals surface area contributed by atoms with Crippen LogP contribution in [0.15, 0.2) is 48.7 Å². The Morgan fingerprint density at radius 2 is 1.94 bits per heavy atom. The van der Waals surface area contributed by atoms with Crippen molar-refractivity contribution in [3.8, 4) is 21.0 Å². The van der Waals surface area contributed by atoms with Crippen molar-refractivity contribution >= 4 is 17.3 Å². The van der Waals surface area contributed by atoms with Gasteiger partial charge in [0, 0.05) is 38.3 Å². The van der Waals surface area contributed by atoms with Crippen LogP contribution in [-0.4, -0.2) is 35.0 Å². The number of benzene rings is 2. The smallest absolute Gasteiger partial charge is 0.302 e. The van der Waals surface area contributed by atoms with Crippen LogP contribution in [0.25, 0.3) is 21.0 Å². The molecule has 0 atom stereocenters. The molecule has 1 fully saturated rings. The Hall–Kier alpha value is -2.50. The van der Waals surface area contributed by atoms with Crippen LogP contribution in [0.4, 0.5) is 0 Å². The van der Waals surface area contributed by atoms with E-state index >= 15 is 0 Å². The monoisotopic (exact) mass is 462 g/mol. The lowest BCUT2D eigenvalue weighted by Crippen LogP contribution is -2.51. The SMILES string of the molecule is CCCCc1cc(CN2CC(OC(C)=O)C2)ccc1-c1ncc(-c2ccc(C(C)C)cc2)s1. The molecule has 2 heterocycles. The zero-order valence-corrected chi connectivity index (χ0v) is 21.0. The number of hydrogen-bond acceptors (Lipinski definition) is 5. The van der Waals surface area contributed by atoms with Crippen molar-refractivity contribution in [2.45, 2.75) is 65.5 Å². The van der Waals surface area contributed by atoms with Gasteiger partial charge < -0.3 is 4.74 Å². The molecular formula is C28H34N2O2S. The first-order valence-corrected chi connectivity index (χ1v) is 12.8. The summed E-state index contributed by atoms with van der Waals surface area (Å²) in [6.45, 7) is 10.7. The predicted octanol–water partition coefficient (Wildman–Crippen LogP) is 6.69. The Labute approximate surface area is 201 Å². The van der Waals surface area contributed by atoms with Gasteiger partial charge in [0.05, 0.1) is 4.88 Å². The third kappa shape index (κ3) is 5.90. The number of ether oxygens (including phenoxy) is 1. The van der Waals surface area contributed by atoms with Crippen LogP contribution in [0, 0.1) is 0 Å². The summed E-state index contributed by atoms with van der Waals surface area (Å²) in [5, 5.41) is 1.09. The molecule has 1 saturated heterocycles. The average Bonchev–Trinajstić information content (AvgIpc) is 3.26. The van der Waals surface area contributed by atoms with Crippen LogP contribution in [0.2, 0.25) is 0 Å². The zero-order chi connectivity index (χ0) is 23.4. The molecule has 0 amide bonds. The first-order valence-electron chi connectivity index (χ1n) is 12.0. The number of thiazole rings is 1. The number of esters is 1. The molecule has 1 aliphatic heterocycles. The van der Waals surface area contributed by atoms with E-state index in [1.54, 1.807) is 11.3 Å². The molecule has 0 unspecified atom stereocenters. The Bertz CT molecular complexity index is 1080. The van der Waals surface area contributed by atoms with Crippen LogP contribution in [0.1, 0.15) is 63.1 Å². The van der Waals surface area contributed by atoms with Crippen molar-refractivity contribution in [2.75, 3.05) is 13.1 Å². The number of aryl methyl sites for hydroxylation is 1. The Morgan fingerprint density at radius 1 is 1.18 bits per heavy atom. The molecule has 0 radical (unpaired) electrons. The quantitative estimate of drug-likeness (QED) is 0.332. The Balaban J connectivity index is 1.50. The Kier molecular flexibility index (Phi) is 7.61. The van der Waals surface area contributed by atoms with Crippen molar-refractivity contribution in [3.05, 3.63) is 65.4 Å². The van der Waals surface area contributed by atoms with E-state index in [1.807, 2.05) is 6.20 Å². The minimum atomic E-state index is -0.190. The Morgan fingerprint density at radius 3 is 2.61 bits per heavy atom. The van der Waals surface area contributed by atoms with Gasteiger partial charge in [0.2, 0.25) is 0 Å². The maximum Gasteiger partial charge on any atom is 0.302 e. The second-order valence-corrected chi connectivity index (χ2v) is 10.4. The molecule has 174 valence electrons. The first kappa shape index (κ1) is 23.7. The van der Waals surface area contributed by atoms with Crippen LogP contribution in [0.5, 0.6) is 0 Å². The third-order valence-electron chi connectivity index (χ3n) is 6.23. The standard InChI is InChI=1S/C28H34N2O2S/c1-5-6-7-24-14-21(16-30-17-25(18-30)32-20(4)31)8-13-26(24)28-29-15-27(33-28)23-11-9-22(10-12-23)19(2)3/h8-15,19,25H,5-7,16-18H2,1-4H3. The third-order valence-corrected chi connectivity index (χ3v) is 7.31. The summed E-state index contributed by atoms with van der Waals surface area (Å²) in [5.74, 6) is 0.351. The summed E-state index contributed by atoms with van der Waals surface area (Å²) in [6, 6.07) is 15.7. The van der Waals surface area contributed by atoms with Gasteiger partial charge in [-0.25, -0.2) is 4.98 Å². The number of carbonyl (C=O) groups is 1. The molecule has 0 N–H and O–H groups in total. The highest BCUT2D eigenvalue weighted by molar-refractivity contribution is 7.18. The number of aromatic nitrogens is 1. The fraction of sp³-hybridized carbons (Fsp3) is 0.429. The minimum absolute atomic E-state index is 0.0460. The number of unbranched alkanes of at least 4 members (excludes halogenated alkanes) is 1. The highest BCUT2D eigenvalue weighted by Gasteiger charge is 2.29. The highest BCUT2D eigenvalue weighted by atomic mass is 32.1. The summed E-state index contributed by atoms with van der Waals surface area (Å²) in [5.41, 5.74) is 6.54. The number of likely N-dealkylation sites (tertiary alicyclic amines) is 1. The molecule has 0 aliphatic carbocycles. The fourth-order valence-electron chi connectivity index (χ4n) is 4.31. The van der Waals surface area contributed by atoms with Crippen LogP contribution in [-0.2, 0) is 22.5 Å². The predicted molar refractivity (Wildman–Crippen MR) is 137 cm³/mol. The molecule has 33 heavy (non-hydrogen) atoms. The van der Waals surface area contributed by atoms with Gasteiger partial charge in [-0.1, -0.05) is 69.7 Å². The van der Waals surface area contributed by atoms with E-state index < -0.39 is 0 Å². The second-order valence-electron chi connectivity index (χ2n) is 9.33. The second kappa shape index (κ2) is 10.6. The molecule has 5 heteroatoms. The van der Waals surface area contributed by atoms with Crippen LogP contribution < -0.4 is 0 Å². The van der Waals surface area contributed by atoms with E-state index in [9.17, 15) is 4.79 Å². The molecule has 4 nitrogen and oxygen atoms in total. The van der Waals surface area contributed by atoms with E-state index in [0.717, 1.165) is 31.1 Å². The van der Waals surface area contributed by atoms with Gasteiger partial charge in [-0.2, -0.15) is 0 Å². The molecule has 3 aromatic rings. The van der Waals surface area contributed by atoms with E-state index in [1.165, 1.54) is 52.5 Å². The van der Waals surface area contributed by atoms with Crippen molar-refractivity contribution in [1.82, 2.24) is 9.88 Å². The normalized spacial score (nSPS) is 14.5. The summed E-state index contributed by atoms with van der Waals surface area (Å²) < 4.78 is 5.28. The topological polar surface area (TPSA) is 42.4 Å². The zero-order valence-electron chi connectivity index (χ0n) is 20.1. The van der Waals surface area contributed by atoms with Gasteiger partial charge in [-0.3, -0.25) is 9.69 Å². The van der Waals surface area contributed by atoms with Crippen LogP contribution >= 0.6 is 11.3 Å². The molecule has 2 aromatic carbocycles. The van der Waals surface area contributed by atoms with E-state index in [0.29, 0.717) is 5.92 Å². The van der Waals surface area contributed by atoms with Gasteiger partial charge >= 0.3 is 5.97 Å². The summed E-state index contributed by atoms with van der Waals surface area (Å²) in [7, 11) is 0. The molecule has 1 aliphatic rings. The number of rotatable bonds is 9. The van der Waals surface area contributed by atoms with Crippen molar-refractivity contribution in [2.24, 2.45) is 0 Å². The summed E-state index contributed by atoms with van der Waals surface area (Å²) in [4.78, 5) is 19.5. The van der Waals surface area contributed by atoms with Gasteiger partial charge in [-0.15, -0.1) is 11.3 Å². The lowest BCUT2D eigenvalue weighted by Gasteiger charge is -2.38. The van der Waals surface area contributed by atoms with Crippen molar-refractivity contribution in [3.63, 3.8) is 0 Å². The maximum absolute atomic E-state index is 11.1. The van der Waals surface area contributed by atoms with E-state index in [4.69, 9.17) is 9.72 Å². The van der Waals surface area contributed by atoms with Gasteiger partial charge in [0.15, 0.2) is 0 Å². The molecule has 4 rings (SSSR count). The highest BCUT2D eigenvalue weighted by Crippen LogP contribution is 2.35. The maximum atomic E-state index is 11.1. The number of nitrogens with zero attached hydrogens (tertiary/aromatic N) is 2. The van der Waals surface area contributed by atoms with Crippen LogP contribution in [0.3, 0.4) is 0 Å². The van der Waals surface area contributed by atoms with E-state index in [2.05, 4.69) is 68.1 Å². The summed E-state index contributed by atoms with van der Waals surface area (Å²) in [6.07, 6.45) is 5.46. The van der Waals surface area contributed by atoms with E-state index in [-0.39, 0.29) is 12.1 Å². The van der Waals surface area contributed by atoms with Crippen molar-refractivity contribution < 1.29 is 9.53 Å². The molecule has 0 spiro atoms. The fourth-order valence-corrected chi connectivity index (χ4v) is 5.29. The first-order chi connectivity index (χ1) is 15.9. The molecular weight excluding hydrogens is 428 g/mol. The summed E-state index contributed by atoms with van der Waals surface area (Å²) >= 11 is 1.77. The minimum Gasteiger partial charge on any atom is -0.460 e. The van der Waals surface area contributed by atoms with Gasteiger partial charge in [0.1, 0.15) is 11.1 Å². The molecule has 1 aromatic heterocycles. The number of carbonyl (C=O) groups excluding carboxylic acids is 1. The van der Waals surface area contributed by atoms with Crippen molar-refractivity contribution in [1.29, 1.82) is 0 Å². The number of hydrogen-bond donors (Lipinski definition) is 0. The largest absolute Gasteiger partial charge is 0.460 e.